The largest absolute Gasteiger partial charge is 0.445 e. The first-order valence-corrected chi connectivity index (χ1v) is 12.2. The first kappa shape index (κ1) is 25.3. The highest BCUT2D eigenvalue weighted by molar-refractivity contribution is 5.67. The van der Waals surface area contributed by atoms with Gasteiger partial charge in [-0.15, -0.1) is 0 Å². The number of ether oxygens (including phenoxy) is 1. The third-order valence-corrected chi connectivity index (χ3v) is 7.72. The summed E-state index contributed by atoms with van der Waals surface area (Å²) in [6.07, 6.45) is 2.19. The highest BCUT2D eigenvalue weighted by atomic mass is 16.7. The van der Waals surface area contributed by atoms with Crippen LogP contribution >= 0.6 is 0 Å². The van der Waals surface area contributed by atoms with Crippen molar-refractivity contribution in [3.8, 4) is 0 Å². The summed E-state index contributed by atoms with van der Waals surface area (Å²) in [7, 11) is 0. The number of alkyl carbamates (subject to hydrolysis) is 1. The highest BCUT2D eigenvalue weighted by Gasteiger charge is 2.54. The Morgan fingerprint density at radius 1 is 1.06 bits per heavy atom. The molecule has 5 unspecified atom stereocenters. The minimum Gasteiger partial charge on any atom is -0.445 e. The smallest absolute Gasteiger partial charge is 0.407 e. The third-order valence-electron chi connectivity index (χ3n) is 7.72. The Kier molecular flexibility index (Phi) is 8.19. The van der Waals surface area contributed by atoms with Gasteiger partial charge in [0.05, 0.1) is 0 Å². The van der Waals surface area contributed by atoms with Crippen LogP contribution < -0.4 is 5.32 Å². The number of carbonyl (C=O) groups excluding carboxylic acids is 1. The SMILES string of the molecule is CCC1(C)CC(NC(=O)OCc2ccccc2)C(C)C(C)(CC)N1OC(C)c1ccccc1. The van der Waals surface area contributed by atoms with Crippen molar-refractivity contribution in [3.63, 3.8) is 0 Å². The van der Waals surface area contributed by atoms with E-state index >= 15 is 0 Å². The van der Waals surface area contributed by atoms with E-state index in [4.69, 9.17) is 9.57 Å². The van der Waals surface area contributed by atoms with Crippen molar-refractivity contribution in [1.82, 2.24) is 10.4 Å². The first-order valence-electron chi connectivity index (χ1n) is 12.2. The van der Waals surface area contributed by atoms with E-state index in [-0.39, 0.29) is 41.8 Å². The molecule has 1 aliphatic rings. The van der Waals surface area contributed by atoms with Crippen LogP contribution in [0.2, 0.25) is 0 Å². The predicted molar refractivity (Wildman–Crippen MR) is 133 cm³/mol. The minimum atomic E-state index is -0.361. The minimum absolute atomic E-state index is 0.00458. The molecule has 0 radical (unpaired) electrons. The van der Waals surface area contributed by atoms with Crippen molar-refractivity contribution in [2.45, 2.75) is 90.6 Å². The van der Waals surface area contributed by atoms with Crippen molar-refractivity contribution in [2.24, 2.45) is 5.92 Å². The van der Waals surface area contributed by atoms with Gasteiger partial charge < -0.3 is 10.1 Å². The monoisotopic (exact) mass is 452 g/mol. The van der Waals surface area contributed by atoms with Gasteiger partial charge in [0.1, 0.15) is 12.7 Å². The van der Waals surface area contributed by atoms with E-state index in [0.29, 0.717) is 0 Å². The van der Waals surface area contributed by atoms with Gasteiger partial charge >= 0.3 is 6.09 Å². The van der Waals surface area contributed by atoms with Gasteiger partial charge in [-0.1, -0.05) is 81.4 Å². The quantitative estimate of drug-likeness (QED) is 0.487. The van der Waals surface area contributed by atoms with E-state index in [1.54, 1.807) is 0 Å². The zero-order valence-corrected chi connectivity index (χ0v) is 21.0. The lowest BCUT2D eigenvalue weighted by atomic mass is 9.68. The van der Waals surface area contributed by atoms with Gasteiger partial charge in [-0.2, -0.15) is 5.06 Å². The fourth-order valence-electron chi connectivity index (χ4n) is 5.00. The van der Waals surface area contributed by atoms with Crippen LogP contribution in [0.3, 0.4) is 0 Å². The van der Waals surface area contributed by atoms with Crippen LogP contribution in [0.5, 0.6) is 0 Å². The van der Waals surface area contributed by atoms with Crippen molar-refractivity contribution in [3.05, 3.63) is 71.8 Å². The van der Waals surface area contributed by atoms with Crippen molar-refractivity contribution < 1.29 is 14.4 Å². The Morgan fingerprint density at radius 3 is 2.24 bits per heavy atom. The first-order chi connectivity index (χ1) is 15.7. The molecule has 0 bridgehead atoms. The molecule has 1 amide bonds. The molecule has 1 heterocycles. The topological polar surface area (TPSA) is 50.8 Å². The number of hydrogen-bond acceptors (Lipinski definition) is 4. The van der Waals surface area contributed by atoms with Crippen LogP contribution in [0.4, 0.5) is 4.79 Å². The molecule has 0 aromatic heterocycles. The van der Waals surface area contributed by atoms with Crippen molar-refractivity contribution in [2.75, 3.05) is 0 Å². The lowest BCUT2D eigenvalue weighted by molar-refractivity contribution is -0.327. The van der Waals surface area contributed by atoms with Crippen LogP contribution in [0, 0.1) is 5.92 Å². The molecular formula is C28H40N2O3. The van der Waals surface area contributed by atoms with Crippen LogP contribution in [0.15, 0.2) is 60.7 Å². The van der Waals surface area contributed by atoms with E-state index in [2.05, 4.69) is 64.1 Å². The Morgan fingerprint density at radius 2 is 1.67 bits per heavy atom. The molecule has 1 aliphatic heterocycles. The van der Waals surface area contributed by atoms with Gasteiger partial charge in [-0.25, -0.2) is 4.79 Å². The number of amides is 1. The Bertz CT molecular complexity index is 891. The second-order valence-corrected chi connectivity index (χ2v) is 9.82. The van der Waals surface area contributed by atoms with E-state index in [0.717, 1.165) is 30.4 Å². The summed E-state index contributed by atoms with van der Waals surface area (Å²) in [4.78, 5) is 19.4. The summed E-state index contributed by atoms with van der Waals surface area (Å²) in [5.41, 5.74) is 1.67. The van der Waals surface area contributed by atoms with Gasteiger partial charge in [-0.05, 0) is 57.1 Å². The number of hydroxylamine groups is 2. The fourth-order valence-corrected chi connectivity index (χ4v) is 5.00. The average Bonchev–Trinajstić information content (AvgIpc) is 2.85. The summed E-state index contributed by atoms with van der Waals surface area (Å²) in [6, 6.07) is 20.1. The zero-order chi connectivity index (χ0) is 24.1. The molecule has 5 atom stereocenters. The molecule has 1 N–H and O–H groups in total. The normalized spacial score (nSPS) is 28.8. The standard InChI is InChI=1S/C28H40N2O3/c1-7-27(5)19-25(29-26(31)32-20-23-15-11-9-12-16-23)21(3)28(6,8-2)30(27)33-22(4)24-17-13-10-14-18-24/h9-18,21-22,25H,7-8,19-20H2,1-6H3,(H,29,31). The number of rotatable bonds is 8. The second-order valence-electron chi connectivity index (χ2n) is 9.82. The molecule has 5 nitrogen and oxygen atoms in total. The Balaban J connectivity index is 1.75. The van der Waals surface area contributed by atoms with Crippen LogP contribution in [-0.2, 0) is 16.2 Å². The molecule has 0 spiro atoms. The molecule has 2 aromatic rings. The number of piperidine rings is 1. The second kappa shape index (κ2) is 10.7. The molecule has 180 valence electrons. The fraction of sp³-hybridized carbons (Fsp3) is 0.536. The molecule has 3 rings (SSSR count). The number of benzene rings is 2. The van der Waals surface area contributed by atoms with Gasteiger partial charge in [0.25, 0.3) is 0 Å². The van der Waals surface area contributed by atoms with Crippen molar-refractivity contribution in [1.29, 1.82) is 0 Å². The summed E-state index contributed by atoms with van der Waals surface area (Å²) < 4.78 is 5.54. The van der Waals surface area contributed by atoms with E-state index < -0.39 is 0 Å². The summed E-state index contributed by atoms with van der Waals surface area (Å²) >= 11 is 0. The van der Waals surface area contributed by atoms with Gasteiger partial charge in [0.15, 0.2) is 0 Å². The average molecular weight is 453 g/mol. The van der Waals surface area contributed by atoms with E-state index in [9.17, 15) is 4.79 Å². The predicted octanol–water partition coefficient (Wildman–Crippen LogP) is 6.65. The summed E-state index contributed by atoms with van der Waals surface area (Å²) in [5, 5.41) is 5.43. The van der Waals surface area contributed by atoms with Crippen LogP contribution in [0.25, 0.3) is 0 Å². The van der Waals surface area contributed by atoms with Gasteiger partial charge in [-0.3, -0.25) is 4.84 Å². The lowest BCUT2D eigenvalue weighted by Crippen LogP contribution is -2.70. The van der Waals surface area contributed by atoms with E-state index in [1.807, 2.05) is 48.5 Å². The van der Waals surface area contributed by atoms with Crippen molar-refractivity contribution >= 4 is 6.09 Å². The maximum Gasteiger partial charge on any atom is 0.407 e. The molecule has 2 aromatic carbocycles. The number of nitrogens with one attached hydrogen (secondary N) is 1. The third kappa shape index (κ3) is 5.59. The molecule has 1 fully saturated rings. The summed E-state index contributed by atoms with van der Waals surface area (Å²) in [6.45, 7) is 13.5. The highest BCUT2D eigenvalue weighted by Crippen LogP contribution is 2.47. The van der Waals surface area contributed by atoms with Crippen LogP contribution in [0.1, 0.15) is 78.0 Å². The van der Waals surface area contributed by atoms with E-state index in [1.165, 1.54) is 0 Å². The molecule has 33 heavy (non-hydrogen) atoms. The molecule has 0 aliphatic carbocycles. The number of hydrogen-bond donors (Lipinski definition) is 1. The van der Waals surface area contributed by atoms with Gasteiger partial charge in [0, 0.05) is 17.1 Å². The molecule has 5 heteroatoms. The number of carbonyl (C=O) groups is 1. The molecule has 1 saturated heterocycles. The Labute approximate surface area is 199 Å². The van der Waals surface area contributed by atoms with Crippen LogP contribution in [-0.4, -0.2) is 28.3 Å². The molecular weight excluding hydrogens is 412 g/mol. The summed E-state index contributed by atoms with van der Waals surface area (Å²) in [5.74, 6) is 0.175. The Hall–Kier alpha value is -2.37. The molecule has 0 saturated carbocycles. The lowest BCUT2D eigenvalue weighted by Gasteiger charge is -2.59. The maximum atomic E-state index is 12.7. The number of nitrogens with zero attached hydrogens (tertiary/aromatic N) is 1. The zero-order valence-electron chi connectivity index (χ0n) is 21.0. The maximum absolute atomic E-state index is 12.7. The van der Waals surface area contributed by atoms with Gasteiger partial charge in [0.2, 0.25) is 0 Å².